The van der Waals surface area contributed by atoms with Gasteiger partial charge in [-0.25, -0.2) is 4.39 Å². The Labute approximate surface area is 92.0 Å². The molecule has 0 aliphatic rings. The fourth-order valence-electron chi connectivity index (χ4n) is 1.07. The summed E-state index contributed by atoms with van der Waals surface area (Å²) in [7, 11) is 0. The Bertz CT molecular complexity index is 388. The largest absolute Gasteiger partial charge is 0.481 e. The molecule has 1 N–H and O–H groups in total. The molecule has 0 fully saturated rings. The fourth-order valence-corrected chi connectivity index (χ4v) is 1.26. The number of rotatable bonds is 4. The van der Waals surface area contributed by atoms with Gasteiger partial charge in [0.25, 0.3) is 0 Å². The minimum atomic E-state index is -0.856. The van der Waals surface area contributed by atoms with Crippen LogP contribution >= 0.6 is 11.6 Å². The number of carboxylic acids is 1. The zero-order valence-corrected chi connectivity index (χ0v) is 8.67. The maximum Gasteiger partial charge on any atom is 0.303 e. The van der Waals surface area contributed by atoms with Gasteiger partial charge in [0.05, 0.1) is 5.02 Å². The molecule has 2 nitrogen and oxygen atoms in total. The molecule has 0 heterocycles. The molecule has 0 aliphatic heterocycles. The highest BCUT2D eigenvalue weighted by Gasteiger charge is 2.01. The fraction of sp³-hybridized carbons (Fsp3) is 0.182. The number of halogens is 2. The summed E-state index contributed by atoms with van der Waals surface area (Å²) in [6.45, 7) is 0. The van der Waals surface area contributed by atoms with E-state index in [4.69, 9.17) is 16.7 Å². The lowest BCUT2D eigenvalue weighted by Gasteiger charge is -1.98. The van der Waals surface area contributed by atoms with Crippen molar-refractivity contribution in [3.05, 3.63) is 40.7 Å². The summed E-state index contributed by atoms with van der Waals surface area (Å²) in [4.78, 5) is 10.2. The van der Waals surface area contributed by atoms with Gasteiger partial charge in [-0.1, -0.05) is 35.9 Å². The van der Waals surface area contributed by atoms with E-state index in [9.17, 15) is 9.18 Å². The molecule has 0 aliphatic carbocycles. The summed E-state index contributed by atoms with van der Waals surface area (Å²) in [5, 5.41) is 8.45. The molecular formula is C11H10ClFO2. The summed E-state index contributed by atoms with van der Waals surface area (Å²) < 4.78 is 13.0. The topological polar surface area (TPSA) is 37.3 Å². The molecule has 0 saturated heterocycles. The molecule has 0 spiro atoms. The molecule has 1 aromatic rings. The van der Waals surface area contributed by atoms with Crippen molar-refractivity contribution in [2.24, 2.45) is 0 Å². The molecule has 0 unspecified atom stereocenters. The Morgan fingerprint density at radius 3 is 2.93 bits per heavy atom. The highest BCUT2D eigenvalue weighted by molar-refractivity contribution is 6.32. The average Bonchev–Trinajstić information content (AvgIpc) is 2.18. The van der Waals surface area contributed by atoms with E-state index >= 15 is 0 Å². The predicted molar refractivity (Wildman–Crippen MR) is 57.3 cm³/mol. The standard InChI is InChI=1S/C11H10ClFO2/c12-11-8(5-3-6-9(11)13)4-1-2-7-10(14)15/h1,3-6H,2,7H2,(H,14,15). The van der Waals surface area contributed by atoms with Gasteiger partial charge in [0, 0.05) is 6.42 Å². The average molecular weight is 229 g/mol. The quantitative estimate of drug-likeness (QED) is 0.858. The number of hydrogen-bond acceptors (Lipinski definition) is 1. The van der Waals surface area contributed by atoms with Crippen LogP contribution in [0.4, 0.5) is 4.39 Å². The Hall–Kier alpha value is -1.35. The molecule has 0 atom stereocenters. The normalized spacial score (nSPS) is 10.8. The lowest BCUT2D eigenvalue weighted by Crippen LogP contribution is -1.91. The monoisotopic (exact) mass is 228 g/mol. The van der Waals surface area contributed by atoms with Gasteiger partial charge in [-0.15, -0.1) is 0 Å². The van der Waals surface area contributed by atoms with Crippen molar-refractivity contribution in [3.8, 4) is 0 Å². The Kier molecular flexibility index (Phi) is 4.31. The summed E-state index contributed by atoms with van der Waals surface area (Å²) in [5.41, 5.74) is 0.557. The van der Waals surface area contributed by atoms with Crippen LogP contribution in [-0.2, 0) is 4.79 Å². The van der Waals surface area contributed by atoms with Gasteiger partial charge in [0.15, 0.2) is 0 Å². The van der Waals surface area contributed by atoms with Gasteiger partial charge < -0.3 is 5.11 Å². The molecule has 0 bridgehead atoms. The maximum atomic E-state index is 13.0. The number of allylic oxidation sites excluding steroid dienone is 1. The van der Waals surface area contributed by atoms with E-state index in [0.29, 0.717) is 12.0 Å². The van der Waals surface area contributed by atoms with E-state index in [2.05, 4.69) is 0 Å². The minimum Gasteiger partial charge on any atom is -0.481 e. The number of benzene rings is 1. The minimum absolute atomic E-state index is 0.0590. The van der Waals surface area contributed by atoms with Crippen LogP contribution in [0.25, 0.3) is 6.08 Å². The smallest absolute Gasteiger partial charge is 0.303 e. The van der Waals surface area contributed by atoms with Crippen LogP contribution in [0.5, 0.6) is 0 Å². The first-order valence-corrected chi connectivity index (χ1v) is 4.81. The number of aliphatic carboxylic acids is 1. The van der Waals surface area contributed by atoms with Crippen molar-refractivity contribution in [1.29, 1.82) is 0 Å². The van der Waals surface area contributed by atoms with E-state index in [1.165, 1.54) is 6.07 Å². The van der Waals surface area contributed by atoms with Gasteiger partial charge in [0.1, 0.15) is 5.82 Å². The van der Waals surface area contributed by atoms with Gasteiger partial charge in [-0.3, -0.25) is 4.79 Å². The highest BCUT2D eigenvalue weighted by atomic mass is 35.5. The molecule has 80 valence electrons. The summed E-state index contributed by atoms with van der Waals surface area (Å²) in [6, 6.07) is 4.50. The van der Waals surface area contributed by atoms with E-state index < -0.39 is 11.8 Å². The molecule has 0 aromatic heterocycles. The van der Waals surface area contributed by atoms with E-state index in [0.717, 1.165) is 0 Å². The highest BCUT2D eigenvalue weighted by Crippen LogP contribution is 2.20. The van der Waals surface area contributed by atoms with Crippen LogP contribution in [0.1, 0.15) is 18.4 Å². The van der Waals surface area contributed by atoms with Crippen LogP contribution in [-0.4, -0.2) is 11.1 Å². The van der Waals surface area contributed by atoms with E-state index in [1.807, 2.05) is 0 Å². The molecule has 15 heavy (non-hydrogen) atoms. The SMILES string of the molecule is O=C(O)CCC=Cc1cccc(F)c1Cl. The lowest BCUT2D eigenvalue weighted by molar-refractivity contribution is -0.136. The van der Waals surface area contributed by atoms with Gasteiger partial charge in [0.2, 0.25) is 0 Å². The number of carboxylic acid groups (broad SMARTS) is 1. The third-order valence-corrected chi connectivity index (χ3v) is 2.20. The maximum absolute atomic E-state index is 13.0. The summed E-state index contributed by atoms with van der Waals surface area (Å²) in [6.07, 6.45) is 3.74. The van der Waals surface area contributed by atoms with Gasteiger partial charge >= 0.3 is 5.97 Å². The zero-order valence-electron chi connectivity index (χ0n) is 7.91. The summed E-state index contributed by atoms with van der Waals surface area (Å²) in [5.74, 6) is -1.33. The third-order valence-electron chi connectivity index (χ3n) is 1.80. The molecule has 1 rings (SSSR count). The second kappa shape index (κ2) is 5.51. The van der Waals surface area contributed by atoms with Crippen LogP contribution in [0.3, 0.4) is 0 Å². The molecule has 1 aromatic carbocycles. The predicted octanol–water partition coefficient (Wildman–Crippen LogP) is 3.36. The second-order valence-electron chi connectivity index (χ2n) is 2.98. The molecule has 0 amide bonds. The van der Waals surface area contributed by atoms with Crippen molar-refractivity contribution in [3.63, 3.8) is 0 Å². The van der Waals surface area contributed by atoms with Crippen molar-refractivity contribution in [2.45, 2.75) is 12.8 Å². The number of carbonyl (C=O) groups is 1. The van der Waals surface area contributed by atoms with Crippen molar-refractivity contribution in [1.82, 2.24) is 0 Å². The van der Waals surface area contributed by atoms with Crippen LogP contribution in [0, 0.1) is 5.82 Å². The van der Waals surface area contributed by atoms with Gasteiger partial charge in [-0.05, 0) is 18.1 Å². The van der Waals surface area contributed by atoms with Crippen LogP contribution in [0.15, 0.2) is 24.3 Å². The van der Waals surface area contributed by atoms with E-state index in [1.54, 1.807) is 24.3 Å². The molecular weight excluding hydrogens is 219 g/mol. The second-order valence-corrected chi connectivity index (χ2v) is 3.36. The van der Waals surface area contributed by atoms with Crippen LogP contribution < -0.4 is 0 Å². The first kappa shape index (κ1) is 11.7. The Morgan fingerprint density at radius 1 is 1.53 bits per heavy atom. The summed E-state index contributed by atoms with van der Waals surface area (Å²) >= 11 is 5.69. The van der Waals surface area contributed by atoms with Crippen LogP contribution in [0.2, 0.25) is 5.02 Å². The third kappa shape index (κ3) is 3.72. The van der Waals surface area contributed by atoms with Gasteiger partial charge in [-0.2, -0.15) is 0 Å². The first-order chi connectivity index (χ1) is 7.11. The van der Waals surface area contributed by atoms with Crippen molar-refractivity contribution in [2.75, 3.05) is 0 Å². The first-order valence-electron chi connectivity index (χ1n) is 4.43. The van der Waals surface area contributed by atoms with E-state index in [-0.39, 0.29) is 11.4 Å². The van der Waals surface area contributed by atoms with Crippen molar-refractivity contribution < 1.29 is 14.3 Å². The number of hydrogen-bond donors (Lipinski definition) is 1. The van der Waals surface area contributed by atoms with Crippen molar-refractivity contribution >= 4 is 23.6 Å². The lowest BCUT2D eigenvalue weighted by atomic mass is 10.2. The zero-order chi connectivity index (χ0) is 11.3. The Morgan fingerprint density at radius 2 is 2.27 bits per heavy atom. The molecule has 0 radical (unpaired) electrons. The molecule has 4 heteroatoms. The molecule has 0 saturated carbocycles. The Balaban J connectivity index is 2.64.